The van der Waals surface area contributed by atoms with Crippen LogP contribution in [0.3, 0.4) is 0 Å². The minimum absolute atomic E-state index is 0.164. The molecular weight excluding hydrogens is 300 g/mol. The van der Waals surface area contributed by atoms with Gasteiger partial charge in [-0.25, -0.2) is 8.78 Å². The topological polar surface area (TPSA) is 53.1 Å². The molecule has 0 unspecified atom stereocenters. The Balaban J connectivity index is 2.28. The Kier molecular flexibility index (Phi) is 3.86. The third kappa shape index (κ3) is 2.82. The van der Waals surface area contributed by atoms with Gasteiger partial charge in [0.2, 0.25) is 0 Å². The van der Waals surface area contributed by atoms with Crippen LogP contribution in [0.5, 0.6) is 0 Å². The minimum Gasteiger partial charge on any atom is -0.481 e. The highest BCUT2D eigenvalue weighted by Crippen LogP contribution is 2.33. The Bertz CT molecular complexity index is 899. The molecule has 3 aromatic rings. The normalized spacial score (nSPS) is 11.1. The molecule has 0 aliphatic heterocycles. The van der Waals surface area contributed by atoms with Crippen molar-refractivity contribution in [1.82, 2.24) is 4.98 Å². The van der Waals surface area contributed by atoms with Crippen LogP contribution in [0.4, 0.5) is 8.78 Å². The van der Waals surface area contributed by atoms with E-state index in [0.29, 0.717) is 11.3 Å². The number of rotatable bonds is 4. The second kappa shape index (κ2) is 5.83. The molecule has 23 heavy (non-hydrogen) atoms. The van der Waals surface area contributed by atoms with Crippen LogP contribution in [0, 0.1) is 11.6 Å². The lowest BCUT2D eigenvalue weighted by Crippen LogP contribution is -2.01. The molecule has 0 atom stereocenters. The average molecular weight is 315 g/mol. The summed E-state index contributed by atoms with van der Waals surface area (Å²) in [6.45, 7) is 2.01. The zero-order chi connectivity index (χ0) is 16.6. The van der Waals surface area contributed by atoms with Crippen molar-refractivity contribution in [2.24, 2.45) is 0 Å². The number of benzene rings is 2. The van der Waals surface area contributed by atoms with E-state index >= 15 is 0 Å². The van der Waals surface area contributed by atoms with E-state index in [1.165, 1.54) is 6.07 Å². The molecular formula is C18H15F2NO2. The van der Waals surface area contributed by atoms with Crippen LogP contribution < -0.4 is 0 Å². The molecule has 2 aromatic carbocycles. The monoisotopic (exact) mass is 315 g/mol. The van der Waals surface area contributed by atoms with Gasteiger partial charge in [0.25, 0.3) is 0 Å². The Morgan fingerprint density at radius 3 is 2.61 bits per heavy atom. The number of fused-ring (bicyclic) bond motifs is 1. The molecule has 0 fully saturated rings. The molecule has 0 bridgehead atoms. The number of aliphatic carboxylic acids is 1. The first-order valence-electron chi connectivity index (χ1n) is 7.30. The standard InChI is InChI=1S/C18H15F2NO2/c1-2-10-3-6-16-13(7-10)14(9-17(22)23)18(21-16)12-5-4-11(19)8-15(12)20/h3-8,21H,2,9H2,1H3,(H,22,23). The number of nitrogens with one attached hydrogen (secondary N) is 1. The lowest BCUT2D eigenvalue weighted by atomic mass is 10.0. The number of carbonyl (C=O) groups is 1. The van der Waals surface area contributed by atoms with Crippen molar-refractivity contribution < 1.29 is 18.7 Å². The summed E-state index contributed by atoms with van der Waals surface area (Å²) in [7, 11) is 0. The number of aromatic nitrogens is 1. The van der Waals surface area contributed by atoms with E-state index < -0.39 is 17.6 Å². The predicted molar refractivity (Wildman–Crippen MR) is 84.4 cm³/mol. The number of halogens is 2. The number of H-pyrrole nitrogens is 1. The molecule has 5 heteroatoms. The van der Waals surface area contributed by atoms with Gasteiger partial charge in [-0.15, -0.1) is 0 Å². The summed E-state index contributed by atoms with van der Waals surface area (Å²) in [5.41, 5.74) is 2.85. The van der Waals surface area contributed by atoms with E-state index in [0.717, 1.165) is 35.0 Å². The number of aromatic amines is 1. The fourth-order valence-corrected chi connectivity index (χ4v) is 2.77. The van der Waals surface area contributed by atoms with Gasteiger partial charge in [-0.3, -0.25) is 4.79 Å². The minimum atomic E-state index is -1.00. The number of aryl methyl sites for hydroxylation is 1. The summed E-state index contributed by atoms with van der Waals surface area (Å²) in [5, 5.41) is 9.94. The number of hydrogen-bond donors (Lipinski definition) is 2. The van der Waals surface area contributed by atoms with E-state index in [1.54, 1.807) is 0 Å². The fraction of sp³-hybridized carbons (Fsp3) is 0.167. The average Bonchev–Trinajstić information content (AvgIpc) is 2.84. The third-order valence-electron chi connectivity index (χ3n) is 3.91. The van der Waals surface area contributed by atoms with Crippen molar-refractivity contribution in [3.8, 4) is 11.3 Å². The molecule has 1 aromatic heterocycles. The van der Waals surface area contributed by atoms with Crippen molar-refractivity contribution >= 4 is 16.9 Å². The quantitative estimate of drug-likeness (QED) is 0.754. The van der Waals surface area contributed by atoms with E-state index in [4.69, 9.17) is 0 Å². The van der Waals surface area contributed by atoms with E-state index in [2.05, 4.69) is 4.98 Å². The number of carboxylic acids is 1. The molecule has 0 aliphatic carbocycles. The molecule has 3 rings (SSSR count). The Labute approximate surface area is 131 Å². The molecule has 0 radical (unpaired) electrons. The smallest absolute Gasteiger partial charge is 0.307 e. The predicted octanol–water partition coefficient (Wildman–Crippen LogP) is 4.30. The van der Waals surface area contributed by atoms with Crippen LogP contribution >= 0.6 is 0 Å². The van der Waals surface area contributed by atoms with Gasteiger partial charge in [-0.1, -0.05) is 13.0 Å². The molecule has 0 saturated carbocycles. The third-order valence-corrected chi connectivity index (χ3v) is 3.91. The highest BCUT2D eigenvalue weighted by molar-refractivity contribution is 5.94. The molecule has 0 aliphatic rings. The van der Waals surface area contributed by atoms with Crippen LogP contribution in [0.1, 0.15) is 18.1 Å². The summed E-state index contributed by atoms with van der Waals surface area (Å²) < 4.78 is 27.3. The summed E-state index contributed by atoms with van der Waals surface area (Å²) in [6, 6.07) is 8.98. The maximum atomic E-state index is 14.1. The van der Waals surface area contributed by atoms with Gasteiger partial charge < -0.3 is 10.1 Å². The van der Waals surface area contributed by atoms with Gasteiger partial charge in [0.1, 0.15) is 11.6 Å². The zero-order valence-electron chi connectivity index (χ0n) is 12.5. The van der Waals surface area contributed by atoms with Gasteiger partial charge >= 0.3 is 5.97 Å². The van der Waals surface area contributed by atoms with Crippen molar-refractivity contribution in [2.45, 2.75) is 19.8 Å². The second-order valence-electron chi connectivity index (χ2n) is 5.41. The highest BCUT2D eigenvalue weighted by Gasteiger charge is 2.18. The lowest BCUT2D eigenvalue weighted by Gasteiger charge is -2.05. The first kappa shape index (κ1) is 15.2. The summed E-state index contributed by atoms with van der Waals surface area (Å²) in [6.07, 6.45) is 0.577. The van der Waals surface area contributed by atoms with Crippen LogP contribution in [-0.2, 0) is 17.6 Å². The summed E-state index contributed by atoms with van der Waals surface area (Å²) in [4.78, 5) is 14.3. The summed E-state index contributed by atoms with van der Waals surface area (Å²) >= 11 is 0. The molecule has 3 nitrogen and oxygen atoms in total. The van der Waals surface area contributed by atoms with Crippen molar-refractivity contribution in [2.75, 3.05) is 0 Å². The van der Waals surface area contributed by atoms with E-state index in [1.807, 2.05) is 25.1 Å². The SMILES string of the molecule is CCc1ccc2[nH]c(-c3ccc(F)cc3F)c(CC(=O)O)c2c1. The fourth-order valence-electron chi connectivity index (χ4n) is 2.77. The van der Waals surface area contributed by atoms with Gasteiger partial charge in [0.05, 0.1) is 12.1 Å². The van der Waals surface area contributed by atoms with Crippen molar-refractivity contribution in [1.29, 1.82) is 0 Å². The van der Waals surface area contributed by atoms with Gasteiger partial charge in [0.15, 0.2) is 0 Å². The van der Waals surface area contributed by atoms with Crippen LogP contribution in [0.25, 0.3) is 22.2 Å². The molecule has 0 amide bonds. The largest absolute Gasteiger partial charge is 0.481 e. The van der Waals surface area contributed by atoms with Crippen LogP contribution in [0.2, 0.25) is 0 Å². The highest BCUT2D eigenvalue weighted by atomic mass is 19.1. The van der Waals surface area contributed by atoms with Gasteiger partial charge in [-0.05, 0) is 41.8 Å². The van der Waals surface area contributed by atoms with Gasteiger partial charge in [0, 0.05) is 22.5 Å². The Morgan fingerprint density at radius 1 is 1.17 bits per heavy atom. The lowest BCUT2D eigenvalue weighted by molar-refractivity contribution is -0.136. The Morgan fingerprint density at radius 2 is 1.96 bits per heavy atom. The van der Waals surface area contributed by atoms with Gasteiger partial charge in [-0.2, -0.15) is 0 Å². The summed E-state index contributed by atoms with van der Waals surface area (Å²) in [5.74, 6) is -2.40. The molecule has 118 valence electrons. The molecule has 0 saturated heterocycles. The second-order valence-corrected chi connectivity index (χ2v) is 5.41. The van der Waals surface area contributed by atoms with E-state index in [9.17, 15) is 18.7 Å². The van der Waals surface area contributed by atoms with Crippen LogP contribution in [-0.4, -0.2) is 16.1 Å². The maximum Gasteiger partial charge on any atom is 0.307 e. The number of hydrogen-bond acceptors (Lipinski definition) is 1. The Hall–Kier alpha value is -2.69. The van der Waals surface area contributed by atoms with Crippen LogP contribution in [0.15, 0.2) is 36.4 Å². The molecule has 1 heterocycles. The van der Waals surface area contributed by atoms with E-state index in [-0.39, 0.29) is 12.0 Å². The maximum absolute atomic E-state index is 14.1. The molecule has 2 N–H and O–H groups in total. The number of carboxylic acid groups (broad SMARTS) is 1. The van der Waals surface area contributed by atoms with Crippen molar-refractivity contribution in [3.05, 3.63) is 59.2 Å². The van der Waals surface area contributed by atoms with Crippen molar-refractivity contribution in [3.63, 3.8) is 0 Å². The first-order chi connectivity index (χ1) is 11.0. The zero-order valence-corrected chi connectivity index (χ0v) is 12.5. The molecule has 0 spiro atoms. The first-order valence-corrected chi connectivity index (χ1v) is 7.30.